The van der Waals surface area contributed by atoms with Crippen molar-refractivity contribution in [1.29, 1.82) is 0 Å². The Morgan fingerprint density at radius 1 is 1.50 bits per heavy atom. The molecule has 0 aromatic heterocycles. The van der Waals surface area contributed by atoms with E-state index in [2.05, 4.69) is 0 Å². The highest BCUT2D eigenvalue weighted by atomic mass is 32.2. The molecule has 1 aliphatic rings. The van der Waals surface area contributed by atoms with Gasteiger partial charge in [-0.1, -0.05) is 0 Å². The average Bonchev–Trinajstić information content (AvgIpc) is 2.36. The molecule has 4 nitrogen and oxygen atoms in total. The van der Waals surface area contributed by atoms with Gasteiger partial charge in [0.1, 0.15) is 0 Å². The Kier molecular flexibility index (Phi) is 7.04. The second kappa shape index (κ2) is 8.02. The molecular weight excluding hydrogens is 250 g/mol. The Morgan fingerprint density at radius 2 is 2.17 bits per heavy atom. The standard InChI is InChI=1S/C13H25NO3S/c1-2-17-12(15)11-4-6-13(16,7-5-11)10-18-9-3-8-14/h11,16H,2-10,14H2,1H3. The molecule has 0 unspecified atom stereocenters. The summed E-state index contributed by atoms with van der Waals surface area (Å²) < 4.78 is 5.02. The maximum Gasteiger partial charge on any atom is 0.308 e. The van der Waals surface area contributed by atoms with E-state index < -0.39 is 5.60 Å². The summed E-state index contributed by atoms with van der Waals surface area (Å²) in [4.78, 5) is 11.6. The van der Waals surface area contributed by atoms with Gasteiger partial charge in [-0.15, -0.1) is 0 Å². The number of thioether (sulfide) groups is 1. The molecule has 0 heterocycles. The highest BCUT2D eigenvalue weighted by Gasteiger charge is 2.36. The number of hydrogen-bond acceptors (Lipinski definition) is 5. The summed E-state index contributed by atoms with van der Waals surface area (Å²) in [6.45, 7) is 2.97. The summed E-state index contributed by atoms with van der Waals surface area (Å²) in [5.41, 5.74) is 4.84. The van der Waals surface area contributed by atoms with Crippen molar-refractivity contribution in [3.63, 3.8) is 0 Å². The lowest BCUT2D eigenvalue weighted by molar-refractivity contribution is -0.150. The lowest BCUT2D eigenvalue weighted by atomic mass is 9.80. The van der Waals surface area contributed by atoms with Crippen LogP contribution in [0.1, 0.15) is 39.0 Å². The van der Waals surface area contributed by atoms with Gasteiger partial charge < -0.3 is 15.6 Å². The summed E-state index contributed by atoms with van der Waals surface area (Å²) in [7, 11) is 0. The van der Waals surface area contributed by atoms with Crippen molar-refractivity contribution in [3.05, 3.63) is 0 Å². The van der Waals surface area contributed by atoms with E-state index >= 15 is 0 Å². The minimum absolute atomic E-state index is 0.0146. The van der Waals surface area contributed by atoms with E-state index in [-0.39, 0.29) is 11.9 Å². The van der Waals surface area contributed by atoms with Gasteiger partial charge in [-0.25, -0.2) is 0 Å². The van der Waals surface area contributed by atoms with Gasteiger partial charge in [0.2, 0.25) is 0 Å². The number of esters is 1. The van der Waals surface area contributed by atoms with Gasteiger partial charge in [-0.05, 0) is 51.3 Å². The van der Waals surface area contributed by atoms with Crippen molar-refractivity contribution in [2.75, 3.05) is 24.7 Å². The Hall–Kier alpha value is -0.260. The Balaban J connectivity index is 2.26. The third kappa shape index (κ3) is 5.16. The normalized spacial score (nSPS) is 28.1. The van der Waals surface area contributed by atoms with Crippen LogP contribution in [-0.2, 0) is 9.53 Å². The van der Waals surface area contributed by atoms with Gasteiger partial charge in [0.25, 0.3) is 0 Å². The molecule has 1 saturated carbocycles. The number of rotatable bonds is 7. The molecule has 0 bridgehead atoms. The molecule has 0 radical (unpaired) electrons. The third-order valence-corrected chi connectivity index (χ3v) is 4.72. The van der Waals surface area contributed by atoms with Crippen LogP contribution in [0.5, 0.6) is 0 Å². The van der Waals surface area contributed by atoms with E-state index in [1.807, 2.05) is 6.92 Å². The zero-order valence-corrected chi connectivity index (χ0v) is 12.0. The fraction of sp³-hybridized carbons (Fsp3) is 0.923. The molecule has 18 heavy (non-hydrogen) atoms. The largest absolute Gasteiger partial charge is 0.466 e. The molecule has 3 N–H and O–H groups in total. The van der Waals surface area contributed by atoms with Crippen LogP contribution in [0, 0.1) is 5.92 Å². The Bertz CT molecular complexity index is 253. The first-order valence-corrected chi connectivity index (χ1v) is 7.93. The van der Waals surface area contributed by atoms with Crippen LogP contribution in [-0.4, -0.2) is 41.3 Å². The van der Waals surface area contributed by atoms with Gasteiger partial charge in [0.05, 0.1) is 18.1 Å². The molecule has 1 rings (SSSR count). The van der Waals surface area contributed by atoms with Gasteiger partial charge in [-0.2, -0.15) is 11.8 Å². The second-order valence-corrected chi connectivity index (χ2v) is 6.05. The number of carbonyl (C=O) groups is 1. The Morgan fingerprint density at radius 3 is 2.72 bits per heavy atom. The van der Waals surface area contributed by atoms with E-state index in [0.29, 0.717) is 26.0 Å². The molecule has 5 heteroatoms. The molecule has 106 valence electrons. The van der Waals surface area contributed by atoms with Crippen LogP contribution >= 0.6 is 11.8 Å². The highest BCUT2D eigenvalue weighted by molar-refractivity contribution is 7.99. The predicted molar refractivity (Wildman–Crippen MR) is 74.5 cm³/mol. The molecule has 0 aromatic rings. The van der Waals surface area contributed by atoms with Gasteiger partial charge >= 0.3 is 5.97 Å². The molecule has 0 spiro atoms. The van der Waals surface area contributed by atoms with Crippen LogP contribution in [0.3, 0.4) is 0 Å². The van der Waals surface area contributed by atoms with E-state index in [1.54, 1.807) is 11.8 Å². The molecular formula is C13H25NO3S. The number of carbonyl (C=O) groups excluding carboxylic acids is 1. The van der Waals surface area contributed by atoms with Crippen molar-refractivity contribution in [3.8, 4) is 0 Å². The van der Waals surface area contributed by atoms with E-state index in [1.165, 1.54) is 0 Å². The number of nitrogens with two attached hydrogens (primary N) is 1. The SMILES string of the molecule is CCOC(=O)C1CCC(O)(CSCCCN)CC1. The zero-order chi connectivity index (χ0) is 13.4. The van der Waals surface area contributed by atoms with Crippen LogP contribution in [0.15, 0.2) is 0 Å². The first-order chi connectivity index (χ1) is 8.61. The quantitative estimate of drug-likeness (QED) is 0.545. The molecule has 0 amide bonds. The summed E-state index contributed by atoms with van der Waals surface area (Å²) >= 11 is 1.76. The topological polar surface area (TPSA) is 72.5 Å². The molecule has 1 fully saturated rings. The van der Waals surface area contributed by atoms with Crippen molar-refractivity contribution < 1.29 is 14.6 Å². The van der Waals surface area contributed by atoms with Crippen molar-refractivity contribution in [2.45, 2.75) is 44.6 Å². The first kappa shape index (κ1) is 15.8. The zero-order valence-electron chi connectivity index (χ0n) is 11.2. The number of hydrogen-bond donors (Lipinski definition) is 2. The van der Waals surface area contributed by atoms with Crippen LogP contribution in [0.2, 0.25) is 0 Å². The molecule has 1 aliphatic carbocycles. The third-order valence-electron chi connectivity index (χ3n) is 3.40. The minimum Gasteiger partial charge on any atom is -0.466 e. The fourth-order valence-electron chi connectivity index (χ4n) is 2.24. The molecule has 0 aliphatic heterocycles. The van der Waals surface area contributed by atoms with Gasteiger partial charge in [0.15, 0.2) is 0 Å². The van der Waals surface area contributed by atoms with Gasteiger partial charge in [0, 0.05) is 5.75 Å². The Labute approximate surface area is 114 Å². The first-order valence-electron chi connectivity index (χ1n) is 6.78. The minimum atomic E-state index is -0.595. The molecule has 0 atom stereocenters. The van der Waals surface area contributed by atoms with Gasteiger partial charge in [-0.3, -0.25) is 4.79 Å². The van der Waals surface area contributed by atoms with Crippen LogP contribution in [0.4, 0.5) is 0 Å². The smallest absolute Gasteiger partial charge is 0.308 e. The average molecular weight is 275 g/mol. The maximum atomic E-state index is 11.6. The van der Waals surface area contributed by atoms with Crippen LogP contribution in [0.25, 0.3) is 0 Å². The van der Waals surface area contributed by atoms with E-state index in [0.717, 1.165) is 30.8 Å². The van der Waals surface area contributed by atoms with Crippen molar-refractivity contribution >= 4 is 17.7 Å². The highest BCUT2D eigenvalue weighted by Crippen LogP contribution is 2.35. The fourth-order valence-corrected chi connectivity index (χ4v) is 3.43. The monoisotopic (exact) mass is 275 g/mol. The number of ether oxygens (including phenoxy) is 1. The second-order valence-electron chi connectivity index (χ2n) is 4.95. The molecule has 0 saturated heterocycles. The van der Waals surface area contributed by atoms with Crippen molar-refractivity contribution in [2.24, 2.45) is 11.7 Å². The molecule has 0 aromatic carbocycles. The summed E-state index contributed by atoms with van der Waals surface area (Å²) in [6, 6.07) is 0. The lowest BCUT2D eigenvalue weighted by Gasteiger charge is -2.34. The van der Waals surface area contributed by atoms with Crippen molar-refractivity contribution in [1.82, 2.24) is 0 Å². The lowest BCUT2D eigenvalue weighted by Crippen LogP contribution is -2.38. The summed E-state index contributed by atoms with van der Waals surface area (Å²) in [6.07, 6.45) is 3.88. The summed E-state index contributed by atoms with van der Waals surface area (Å²) in [5.74, 6) is 1.64. The maximum absolute atomic E-state index is 11.6. The predicted octanol–water partition coefficient (Wildman–Crippen LogP) is 1.55. The van der Waals surface area contributed by atoms with Crippen LogP contribution < -0.4 is 5.73 Å². The number of aliphatic hydroxyl groups is 1. The summed E-state index contributed by atoms with van der Waals surface area (Å²) in [5, 5.41) is 10.4. The van der Waals surface area contributed by atoms with E-state index in [4.69, 9.17) is 10.5 Å². The van der Waals surface area contributed by atoms with E-state index in [9.17, 15) is 9.90 Å².